The fourth-order valence-electron chi connectivity index (χ4n) is 5.48. The van der Waals surface area contributed by atoms with Gasteiger partial charge >= 0.3 is 12.1 Å². The van der Waals surface area contributed by atoms with E-state index in [0.717, 1.165) is 29.8 Å². The van der Waals surface area contributed by atoms with Crippen molar-refractivity contribution in [1.82, 2.24) is 14.4 Å². The van der Waals surface area contributed by atoms with Crippen LogP contribution in [0.1, 0.15) is 48.8 Å². The second-order valence-corrected chi connectivity index (χ2v) is 9.75. The molecule has 216 valence electrons. The number of aliphatic hydroxyl groups excluding tert-OH is 1. The summed E-state index contributed by atoms with van der Waals surface area (Å²) in [5, 5.41) is 15.6. The summed E-state index contributed by atoms with van der Waals surface area (Å²) >= 11 is 0. The molecule has 4 aromatic rings. The van der Waals surface area contributed by atoms with Gasteiger partial charge in [0.2, 0.25) is 0 Å². The minimum atomic E-state index is -4.35. The number of nitrogens with zero attached hydrogens (tertiary/aromatic N) is 3. The standard InChI is InChI=1S/C21H17F3N4.C7H10O2.C2H2.CH4O/c1-13(16-3-2-4-17(11-16)21(22,23)24)14-5-7-15(8-6-14)18-19-20(25)26-9-10-28(19)12-27-18;8-7(9)6-4-2-1-3-5(4)6;2*1-2/h2-13H,1H3,(H2,25,26);4-6H,1-3H2,(H,8,9);1-2H;2H,1H3/t13-;4-,5+,6?;;/m0.../s1. The van der Waals surface area contributed by atoms with Gasteiger partial charge in [-0.2, -0.15) is 13.2 Å². The molecule has 2 saturated carbocycles. The largest absolute Gasteiger partial charge is 0.481 e. The highest BCUT2D eigenvalue weighted by Gasteiger charge is 2.56. The maximum Gasteiger partial charge on any atom is 0.416 e. The monoisotopic (exact) mass is 566 g/mol. The predicted molar refractivity (Wildman–Crippen MR) is 152 cm³/mol. The lowest BCUT2D eigenvalue weighted by molar-refractivity contribution is -0.139. The first kappa shape index (κ1) is 31.2. The molecule has 1 unspecified atom stereocenters. The summed E-state index contributed by atoms with van der Waals surface area (Å²) in [5.41, 5.74) is 9.17. The van der Waals surface area contributed by atoms with E-state index < -0.39 is 17.7 Å². The van der Waals surface area contributed by atoms with E-state index in [1.807, 2.05) is 31.2 Å². The van der Waals surface area contributed by atoms with Crippen LogP contribution in [0, 0.1) is 30.6 Å². The van der Waals surface area contributed by atoms with Crippen LogP contribution in [0.25, 0.3) is 16.8 Å². The van der Waals surface area contributed by atoms with Crippen LogP contribution in [-0.2, 0) is 11.0 Å². The van der Waals surface area contributed by atoms with E-state index in [2.05, 4.69) is 22.8 Å². The Kier molecular flexibility index (Phi) is 10.1. The van der Waals surface area contributed by atoms with E-state index in [9.17, 15) is 18.0 Å². The molecule has 2 aliphatic carbocycles. The number of fused-ring (bicyclic) bond motifs is 2. The molecule has 6 rings (SSSR count). The van der Waals surface area contributed by atoms with Crippen LogP contribution in [0.2, 0.25) is 0 Å². The third-order valence-electron chi connectivity index (χ3n) is 7.57. The zero-order chi connectivity index (χ0) is 30.3. The molecule has 4 atom stereocenters. The van der Waals surface area contributed by atoms with Crippen molar-refractivity contribution in [2.24, 2.45) is 17.8 Å². The fraction of sp³-hybridized carbons (Fsp3) is 0.323. The molecule has 0 saturated heterocycles. The summed E-state index contributed by atoms with van der Waals surface area (Å²) < 4.78 is 40.7. The molecule has 2 aromatic heterocycles. The smallest absolute Gasteiger partial charge is 0.416 e. The van der Waals surface area contributed by atoms with Gasteiger partial charge in [-0.3, -0.25) is 4.79 Å². The number of nitrogens with two attached hydrogens (primary N) is 1. The lowest BCUT2D eigenvalue weighted by Gasteiger charge is -2.15. The molecule has 0 radical (unpaired) electrons. The second kappa shape index (κ2) is 13.3. The minimum Gasteiger partial charge on any atom is -0.481 e. The van der Waals surface area contributed by atoms with Crippen LogP contribution in [0.4, 0.5) is 19.0 Å². The quantitative estimate of drug-likeness (QED) is 0.256. The Labute approximate surface area is 236 Å². The van der Waals surface area contributed by atoms with Gasteiger partial charge in [0.25, 0.3) is 0 Å². The molecule has 2 aliphatic rings. The topological polar surface area (TPSA) is 114 Å². The normalized spacial score (nSPS) is 19.3. The zero-order valence-electron chi connectivity index (χ0n) is 22.8. The molecule has 0 spiro atoms. The molecule has 4 N–H and O–H groups in total. The summed E-state index contributed by atoms with van der Waals surface area (Å²) in [4.78, 5) is 18.9. The predicted octanol–water partition coefficient (Wildman–Crippen LogP) is 6.12. The number of terminal acetylenes is 1. The van der Waals surface area contributed by atoms with Gasteiger partial charge in [-0.05, 0) is 41.9 Å². The number of benzene rings is 2. The van der Waals surface area contributed by atoms with Gasteiger partial charge in [0.05, 0.1) is 17.2 Å². The van der Waals surface area contributed by atoms with E-state index in [-0.39, 0.29) is 11.8 Å². The van der Waals surface area contributed by atoms with Crippen molar-refractivity contribution in [1.29, 1.82) is 0 Å². The number of carboxylic acids is 1. The maximum atomic E-state index is 13.0. The number of aliphatic carboxylic acids is 1. The van der Waals surface area contributed by atoms with Crippen LogP contribution in [0.15, 0.2) is 67.3 Å². The first-order valence-electron chi connectivity index (χ1n) is 13.0. The van der Waals surface area contributed by atoms with Gasteiger partial charge in [0, 0.05) is 31.0 Å². The van der Waals surface area contributed by atoms with Crippen LogP contribution >= 0.6 is 0 Å². The lowest BCUT2D eigenvalue weighted by atomic mass is 9.91. The number of imidazole rings is 1. The third kappa shape index (κ3) is 6.87. The highest BCUT2D eigenvalue weighted by molar-refractivity contribution is 5.84. The van der Waals surface area contributed by atoms with Crippen LogP contribution in [0.5, 0.6) is 0 Å². The van der Waals surface area contributed by atoms with Gasteiger partial charge < -0.3 is 20.3 Å². The number of nitrogen functional groups attached to an aromatic ring is 1. The average Bonchev–Trinajstić information content (AvgIpc) is 3.28. The minimum absolute atomic E-state index is 0.0544. The summed E-state index contributed by atoms with van der Waals surface area (Å²) in [6.07, 6.45) is 12.3. The number of hydrogen-bond donors (Lipinski definition) is 3. The number of carboxylic acid groups (broad SMARTS) is 1. The Morgan fingerprint density at radius 1 is 1.05 bits per heavy atom. The number of hydrogen-bond acceptors (Lipinski definition) is 5. The highest BCUT2D eigenvalue weighted by atomic mass is 19.4. The molecular formula is C31H33F3N4O3. The van der Waals surface area contributed by atoms with Crippen molar-refractivity contribution < 1.29 is 28.2 Å². The van der Waals surface area contributed by atoms with E-state index in [1.165, 1.54) is 31.4 Å². The van der Waals surface area contributed by atoms with Crippen molar-refractivity contribution in [3.8, 4) is 24.1 Å². The number of alkyl halides is 3. The Morgan fingerprint density at radius 2 is 1.68 bits per heavy atom. The van der Waals surface area contributed by atoms with Crippen molar-refractivity contribution in [2.45, 2.75) is 38.3 Å². The molecule has 41 heavy (non-hydrogen) atoms. The average molecular weight is 567 g/mol. The summed E-state index contributed by atoms with van der Waals surface area (Å²) in [6, 6.07) is 13.0. The zero-order valence-corrected chi connectivity index (χ0v) is 22.8. The first-order chi connectivity index (χ1) is 19.6. The molecule has 0 amide bonds. The fourth-order valence-corrected chi connectivity index (χ4v) is 5.48. The van der Waals surface area contributed by atoms with Crippen molar-refractivity contribution in [3.05, 3.63) is 83.9 Å². The number of halogens is 3. The van der Waals surface area contributed by atoms with Gasteiger partial charge in [0.15, 0.2) is 0 Å². The lowest BCUT2D eigenvalue weighted by Crippen LogP contribution is -2.06. The van der Waals surface area contributed by atoms with Gasteiger partial charge in [-0.1, -0.05) is 55.8 Å². The van der Waals surface area contributed by atoms with Crippen molar-refractivity contribution >= 4 is 17.3 Å². The van der Waals surface area contributed by atoms with Crippen LogP contribution in [0.3, 0.4) is 0 Å². The molecule has 2 aromatic carbocycles. The summed E-state index contributed by atoms with van der Waals surface area (Å²) in [6.45, 7) is 1.89. The number of rotatable bonds is 4. The number of carbonyl (C=O) groups is 1. The summed E-state index contributed by atoms with van der Waals surface area (Å²) in [5.74, 6) is 0.840. The van der Waals surface area contributed by atoms with Crippen LogP contribution in [-0.4, -0.2) is 37.7 Å². The Balaban J connectivity index is 0.000000295. The number of aromatic nitrogens is 3. The maximum absolute atomic E-state index is 13.0. The van der Waals surface area contributed by atoms with Gasteiger partial charge in [-0.25, -0.2) is 9.97 Å². The first-order valence-corrected chi connectivity index (χ1v) is 13.0. The molecule has 7 nitrogen and oxygen atoms in total. The SMILES string of the molecule is C#C.CO.C[C@@H](c1ccc(-c2ncn3ccnc(N)c23)cc1)c1cccc(C(F)(F)F)c1.O=C(O)C1[C@H]2CCC[C@@H]12. The second-order valence-electron chi connectivity index (χ2n) is 9.75. The summed E-state index contributed by atoms with van der Waals surface area (Å²) in [7, 11) is 1.00. The van der Waals surface area contributed by atoms with E-state index in [0.29, 0.717) is 28.9 Å². The van der Waals surface area contributed by atoms with E-state index in [1.54, 1.807) is 29.2 Å². The number of aliphatic hydroxyl groups is 1. The Hall–Kier alpha value is -4.36. The molecular weight excluding hydrogens is 533 g/mol. The Morgan fingerprint density at radius 3 is 2.24 bits per heavy atom. The van der Waals surface area contributed by atoms with Crippen molar-refractivity contribution in [2.75, 3.05) is 12.8 Å². The van der Waals surface area contributed by atoms with Crippen molar-refractivity contribution in [3.63, 3.8) is 0 Å². The molecule has 2 fully saturated rings. The highest BCUT2D eigenvalue weighted by Crippen LogP contribution is 2.57. The van der Waals surface area contributed by atoms with E-state index in [4.69, 9.17) is 15.9 Å². The van der Waals surface area contributed by atoms with E-state index >= 15 is 0 Å². The van der Waals surface area contributed by atoms with Crippen LogP contribution < -0.4 is 5.73 Å². The molecule has 0 bridgehead atoms. The molecule has 10 heteroatoms. The van der Waals surface area contributed by atoms with Gasteiger partial charge in [0.1, 0.15) is 17.7 Å². The molecule has 0 aliphatic heterocycles. The van der Waals surface area contributed by atoms with Gasteiger partial charge in [-0.15, -0.1) is 12.8 Å². The Bertz CT molecular complexity index is 1470. The number of anilines is 1. The third-order valence-corrected chi connectivity index (χ3v) is 7.57. The molecule has 2 heterocycles.